The molecular weight excluding hydrogens is 520 g/mol. The Morgan fingerprint density at radius 2 is 1.92 bits per heavy atom. The number of halogens is 2. The van der Waals surface area contributed by atoms with Gasteiger partial charge in [0.1, 0.15) is 10.6 Å². The Labute approximate surface area is 223 Å². The van der Waals surface area contributed by atoms with E-state index >= 15 is 8.78 Å². The average molecular weight is 554 g/mol. The summed E-state index contributed by atoms with van der Waals surface area (Å²) >= 11 is 2.29. The molecule has 11 heteroatoms. The summed E-state index contributed by atoms with van der Waals surface area (Å²) < 4.78 is 35.6. The lowest BCUT2D eigenvalue weighted by molar-refractivity contribution is 0.00690. The Bertz CT molecular complexity index is 1230. The predicted molar refractivity (Wildman–Crippen MR) is 142 cm³/mol. The van der Waals surface area contributed by atoms with Crippen LogP contribution in [0.1, 0.15) is 75.8 Å². The highest BCUT2D eigenvalue weighted by atomic mass is 32.1. The third-order valence-electron chi connectivity index (χ3n) is 6.35. The first kappa shape index (κ1) is 27.7. The second-order valence-electron chi connectivity index (χ2n) is 10.5. The first-order valence-electron chi connectivity index (χ1n) is 12.3. The molecule has 2 aromatic rings. The highest BCUT2D eigenvalue weighted by molar-refractivity contribution is 7.17. The van der Waals surface area contributed by atoms with Crippen LogP contribution >= 0.6 is 22.7 Å². The van der Waals surface area contributed by atoms with Crippen molar-refractivity contribution in [3.05, 3.63) is 49.0 Å². The van der Waals surface area contributed by atoms with Crippen LogP contribution in [0.5, 0.6) is 0 Å². The first-order valence-corrected chi connectivity index (χ1v) is 13.9. The maximum atomic E-state index is 15.0. The van der Waals surface area contributed by atoms with Crippen LogP contribution in [0.3, 0.4) is 0 Å². The highest BCUT2D eigenvalue weighted by Crippen LogP contribution is 2.44. The van der Waals surface area contributed by atoms with E-state index in [4.69, 9.17) is 4.74 Å². The molecule has 0 aromatic carbocycles. The van der Waals surface area contributed by atoms with Crippen molar-refractivity contribution in [1.82, 2.24) is 10.6 Å². The minimum Gasteiger partial charge on any atom is -0.456 e. The van der Waals surface area contributed by atoms with Gasteiger partial charge < -0.3 is 20.5 Å². The zero-order valence-corrected chi connectivity index (χ0v) is 23.1. The van der Waals surface area contributed by atoms with Gasteiger partial charge in [-0.15, -0.1) is 22.7 Å². The number of ether oxygens (including phenoxy) is 1. The maximum absolute atomic E-state index is 15.0. The van der Waals surface area contributed by atoms with Crippen molar-refractivity contribution in [2.75, 3.05) is 11.9 Å². The zero-order chi connectivity index (χ0) is 27.1. The number of carbonyl (C=O) groups excluding carboxylic acids is 2. The van der Waals surface area contributed by atoms with E-state index in [1.165, 1.54) is 18.3 Å². The van der Waals surface area contributed by atoms with Crippen LogP contribution in [0.25, 0.3) is 0 Å². The molecule has 202 valence electrons. The van der Waals surface area contributed by atoms with Gasteiger partial charge in [-0.05, 0) is 75.8 Å². The Kier molecular flexibility index (Phi) is 7.81. The first-order chi connectivity index (χ1) is 17.3. The lowest BCUT2D eigenvalue weighted by Gasteiger charge is -2.22. The van der Waals surface area contributed by atoms with Crippen molar-refractivity contribution in [2.45, 2.75) is 84.1 Å². The molecule has 2 aromatic heterocycles. The topological polar surface area (TPSA) is 99.7 Å². The Hall–Kier alpha value is -2.34. The van der Waals surface area contributed by atoms with Gasteiger partial charge in [0, 0.05) is 29.3 Å². The quantitative estimate of drug-likeness (QED) is 0.289. The molecule has 2 aliphatic rings. The van der Waals surface area contributed by atoms with E-state index < -0.39 is 29.6 Å². The summed E-state index contributed by atoms with van der Waals surface area (Å²) in [6, 6.07) is -0.609. The molecule has 0 saturated carbocycles. The third-order valence-corrected chi connectivity index (χ3v) is 8.87. The van der Waals surface area contributed by atoms with Gasteiger partial charge in [0.05, 0.1) is 16.5 Å². The van der Waals surface area contributed by atoms with Crippen molar-refractivity contribution in [2.24, 2.45) is 0 Å². The number of anilines is 1. The average Bonchev–Trinajstić information content (AvgIpc) is 3.34. The number of aliphatic hydroxyl groups is 1. The second kappa shape index (κ2) is 10.4. The number of esters is 1. The largest absolute Gasteiger partial charge is 0.456 e. The van der Waals surface area contributed by atoms with Gasteiger partial charge in [0.15, 0.2) is 0 Å². The molecule has 2 amide bonds. The minimum atomic E-state index is -3.20. The Balaban J connectivity index is 1.58. The van der Waals surface area contributed by atoms with Gasteiger partial charge in [-0.3, -0.25) is 5.32 Å². The molecule has 0 saturated heterocycles. The number of urea groups is 1. The van der Waals surface area contributed by atoms with E-state index in [9.17, 15) is 14.7 Å². The molecule has 4 N–H and O–H groups in total. The molecule has 1 aliphatic carbocycles. The van der Waals surface area contributed by atoms with E-state index in [1.807, 2.05) is 0 Å². The minimum absolute atomic E-state index is 0.0819. The van der Waals surface area contributed by atoms with Crippen LogP contribution < -0.4 is 16.0 Å². The zero-order valence-electron chi connectivity index (χ0n) is 21.5. The predicted octanol–water partition coefficient (Wildman–Crippen LogP) is 5.25. The second-order valence-corrected chi connectivity index (χ2v) is 12.7. The maximum Gasteiger partial charge on any atom is 0.341 e. The van der Waals surface area contributed by atoms with Crippen molar-refractivity contribution in [3.63, 3.8) is 0 Å². The summed E-state index contributed by atoms with van der Waals surface area (Å²) in [7, 11) is 0. The van der Waals surface area contributed by atoms with E-state index in [0.717, 1.165) is 32.2 Å². The van der Waals surface area contributed by atoms with Crippen molar-refractivity contribution in [3.8, 4) is 0 Å². The fourth-order valence-electron chi connectivity index (χ4n) is 4.55. The van der Waals surface area contributed by atoms with Crippen LogP contribution in [0, 0.1) is 0 Å². The fraction of sp³-hybridized carbons (Fsp3) is 0.538. The molecule has 1 unspecified atom stereocenters. The normalized spacial score (nSPS) is 17.5. The SMILES string of the molecule is C=C(C)C(F)(F)c1sc2c(c1CNC(=O)Nc1sc3c(c1C(=O)OC(C)(C)C)CCC(O)C3)CCNC2. The van der Waals surface area contributed by atoms with Crippen LogP contribution in [0.15, 0.2) is 12.2 Å². The molecule has 4 rings (SSSR count). The molecule has 37 heavy (non-hydrogen) atoms. The number of allylic oxidation sites excluding steroid dienone is 1. The van der Waals surface area contributed by atoms with Crippen LogP contribution in [-0.2, 0) is 43.0 Å². The van der Waals surface area contributed by atoms with Gasteiger partial charge in [-0.1, -0.05) is 6.58 Å². The molecule has 0 bridgehead atoms. The number of hydrogen-bond acceptors (Lipinski definition) is 7. The number of aliphatic hydroxyl groups excluding tert-OH is 1. The lowest BCUT2D eigenvalue weighted by atomic mass is 9.93. The lowest BCUT2D eigenvalue weighted by Crippen LogP contribution is -2.31. The van der Waals surface area contributed by atoms with Gasteiger partial charge in [-0.25, -0.2) is 9.59 Å². The third kappa shape index (κ3) is 5.89. The van der Waals surface area contributed by atoms with Crippen molar-refractivity contribution in [1.29, 1.82) is 0 Å². The molecule has 1 atom stereocenters. The molecule has 1 aliphatic heterocycles. The fourth-order valence-corrected chi connectivity index (χ4v) is 7.24. The van der Waals surface area contributed by atoms with Crippen LogP contribution in [-0.4, -0.2) is 35.4 Å². The molecular formula is C26H33F2N3O4S2. The number of amides is 2. The number of carbonyl (C=O) groups is 2. The summed E-state index contributed by atoms with van der Waals surface area (Å²) in [4.78, 5) is 27.6. The van der Waals surface area contributed by atoms with Gasteiger partial charge in [-0.2, -0.15) is 8.78 Å². The Morgan fingerprint density at radius 3 is 2.59 bits per heavy atom. The van der Waals surface area contributed by atoms with E-state index in [1.54, 1.807) is 20.8 Å². The summed E-state index contributed by atoms with van der Waals surface area (Å²) in [6.07, 6.45) is 1.50. The van der Waals surface area contributed by atoms with Crippen LogP contribution in [0.4, 0.5) is 18.6 Å². The summed E-state index contributed by atoms with van der Waals surface area (Å²) in [6.45, 7) is 11.2. The summed E-state index contributed by atoms with van der Waals surface area (Å²) in [5.74, 6) is -3.74. The molecule has 7 nitrogen and oxygen atoms in total. The van der Waals surface area contributed by atoms with Crippen molar-refractivity contribution >= 4 is 39.7 Å². The number of rotatable bonds is 6. The highest BCUT2D eigenvalue weighted by Gasteiger charge is 2.39. The number of hydrogen-bond donors (Lipinski definition) is 4. The molecule has 0 radical (unpaired) electrons. The number of thiophene rings is 2. The van der Waals surface area contributed by atoms with Gasteiger partial charge in [0.25, 0.3) is 0 Å². The number of nitrogens with one attached hydrogen (secondary N) is 3. The van der Waals surface area contributed by atoms with Crippen LogP contribution in [0.2, 0.25) is 0 Å². The molecule has 3 heterocycles. The summed E-state index contributed by atoms with van der Waals surface area (Å²) in [5, 5.41) is 19.1. The van der Waals surface area contributed by atoms with E-state index in [0.29, 0.717) is 54.9 Å². The molecule has 0 spiro atoms. The smallest absolute Gasteiger partial charge is 0.341 e. The molecule has 0 fully saturated rings. The monoisotopic (exact) mass is 553 g/mol. The number of alkyl halides is 2. The summed E-state index contributed by atoms with van der Waals surface area (Å²) in [5.41, 5.74) is 1.36. The standard InChI is InChI=1S/C26H33F2N3O4S2/c1-13(2)26(27,28)21-17(15-8-9-29-12-19(15)36-21)11-30-24(34)31-22-20(23(33)35-25(3,4)5)16-7-6-14(32)10-18(16)37-22/h14,29,32H,1,6-12H2,2-5H3,(H2,30,31,34). The Morgan fingerprint density at radius 1 is 1.19 bits per heavy atom. The van der Waals surface area contributed by atoms with Gasteiger partial charge >= 0.3 is 17.9 Å². The van der Waals surface area contributed by atoms with Crippen molar-refractivity contribution < 1.29 is 28.2 Å². The van der Waals surface area contributed by atoms with E-state index in [2.05, 4.69) is 22.5 Å². The van der Waals surface area contributed by atoms with Gasteiger partial charge in [0.2, 0.25) is 0 Å². The van der Waals surface area contributed by atoms with E-state index in [-0.39, 0.29) is 17.0 Å². The number of fused-ring (bicyclic) bond motifs is 2.